The Balaban J connectivity index is 1.93. The van der Waals surface area contributed by atoms with Crippen LogP contribution in [-0.4, -0.2) is 50.8 Å². The maximum atomic E-state index is 12.2. The first-order valence-electron chi connectivity index (χ1n) is 7.99. The second-order valence-corrected chi connectivity index (χ2v) is 6.80. The zero-order chi connectivity index (χ0) is 20.7. The topological polar surface area (TPSA) is 111 Å². The predicted octanol–water partition coefficient (Wildman–Crippen LogP) is 2.13. The normalized spacial score (nSPS) is 11.4. The number of imide groups is 1. The Morgan fingerprint density at radius 1 is 1.25 bits per heavy atom. The summed E-state index contributed by atoms with van der Waals surface area (Å²) in [6.07, 6.45) is -4.79. The van der Waals surface area contributed by atoms with Crippen molar-refractivity contribution in [1.82, 2.24) is 30.8 Å². The summed E-state index contributed by atoms with van der Waals surface area (Å²) < 4.78 is 41.7. The standard InChI is InChI=1S/C15H17F3N6O3S/c1-9(2)7-19-13(26)20-12(25)8-28-14-21-22-23-24(14)10-3-5-11(6-4-10)27-15(16,17)18/h3-6,9H,7-8H2,1-2H3,(H2,19,20,25,26). The van der Waals surface area contributed by atoms with Gasteiger partial charge in [-0.1, -0.05) is 25.6 Å². The van der Waals surface area contributed by atoms with Crippen LogP contribution in [0.3, 0.4) is 0 Å². The number of nitrogens with one attached hydrogen (secondary N) is 2. The summed E-state index contributed by atoms with van der Waals surface area (Å²) in [5.41, 5.74) is 0.372. The van der Waals surface area contributed by atoms with E-state index in [1.807, 2.05) is 13.8 Å². The maximum absolute atomic E-state index is 12.2. The highest BCUT2D eigenvalue weighted by Gasteiger charge is 2.31. The zero-order valence-corrected chi connectivity index (χ0v) is 15.7. The fourth-order valence-electron chi connectivity index (χ4n) is 1.85. The van der Waals surface area contributed by atoms with Crippen LogP contribution < -0.4 is 15.4 Å². The van der Waals surface area contributed by atoms with Gasteiger partial charge >= 0.3 is 12.4 Å². The number of amides is 3. The number of hydrogen-bond acceptors (Lipinski definition) is 7. The first-order valence-corrected chi connectivity index (χ1v) is 8.97. The summed E-state index contributed by atoms with van der Waals surface area (Å²) >= 11 is 0.961. The highest BCUT2D eigenvalue weighted by atomic mass is 32.2. The van der Waals surface area contributed by atoms with Crippen LogP contribution in [0.2, 0.25) is 0 Å². The molecule has 0 fully saturated rings. The van der Waals surface area contributed by atoms with Crippen LogP contribution in [0, 0.1) is 5.92 Å². The molecule has 0 aliphatic rings. The van der Waals surface area contributed by atoms with Gasteiger partial charge in [-0.05, 0) is 40.6 Å². The van der Waals surface area contributed by atoms with Crippen molar-refractivity contribution in [2.75, 3.05) is 12.3 Å². The largest absolute Gasteiger partial charge is 0.573 e. The molecule has 2 aromatic rings. The van der Waals surface area contributed by atoms with E-state index in [1.54, 1.807) is 0 Å². The molecule has 13 heteroatoms. The lowest BCUT2D eigenvalue weighted by Gasteiger charge is -2.10. The third kappa shape index (κ3) is 7.06. The zero-order valence-electron chi connectivity index (χ0n) is 14.9. The van der Waals surface area contributed by atoms with Crippen molar-refractivity contribution in [2.45, 2.75) is 25.4 Å². The molecule has 1 aromatic heterocycles. The van der Waals surface area contributed by atoms with Crippen molar-refractivity contribution in [2.24, 2.45) is 5.92 Å². The van der Waals surface area contributed by atoms with Gasteiger partial charge in [0, 0.05) is 6.54 Å². The van der Waals surface area contributed by atoms with Crippen molar-refractivity contribution >= 4 is 23.7 Å². The van der Waals surface area contributed by atoms with Gasteiger partial charge in [-0.2, -0.15) is 4.68 Å². The highest BCUT2D eigenvalue weighted by Crippen LogP contribution is 2.24. The van der Waals surface area contributed by atoms with Crippen LogP contribution >= 0.6 is 11.8 Å². The average Bonchev–Trinajstić information content (AvgIpc) is 3.06. The molecular weight excluding hydrogens is 401 g/mol. The summed E-state index contributed by atoms with van der Waals surface area (Å²) in [6, 6.07) is 4.30. The number of aromatic nitrogens is 4. The lowest BCUT2D eigenvalue weighted by Crippen LogP contribution is -2.41. The van der Waals surface area contributed by atoms with E-state index in [0.717, 1.165) is 23.9 Å². The average molecular weight is 418 g/mol. The molecule has 2 N–H and O–H groups in total. The summed E-state index contributed by atoms with van der Waals surface area (Å²) in [7, 11) is 0. The number of carbonyl (C=O) groups excluding carboxylic acids is 2. The number of benzene rings is 1. The third-order valence-corrected chi connectivity index (χ3v) is 3.93. The molecule has 9 nitrogen and oxygen atoms in total. The third-order valence-electron chi connectivity index (χ3n) is 3.01. The molecule has 0 spiro atoms. The molecular formula is C15H17F3N6O3S. The molecule has 0 aliphatic carbocycles. The Bertz CT molecular complexity index is 810. The molecule has 0 atom stereocenters. The number of halogens is 3. The second-order valence-electron chi connectivity index (χ2n) is 5.86. The summed E-state index contributed by atoms with van der Waals surface area (Å²) in [4.78, 5) is 23.4. The van der Waals surface area contributed by atoms with Crippen LogP contribution in [0.5, 0.6) is 5.75 Å². The molecule has 2 rings (SSSR count). The van der Waals surface area contributed by atoms with Crippen LogP contribution in [0.15, 0.2) is 29.4 Å². The number of rotatable bonds is 7. The summed E-state index contributed by atoms with van der Waals surface area (Å²) in [6.45, 7) is 4.26. The summed E-state index contributed by atoms with van der Waals surface area (Å²) in [5, 5.41) is 15.9. The highest BCUT2D eigenvalue weighted by molar-refractivity contribution is 7.99. The van der Waals surface area contributed by atoms with Crippen LogP contribution in [0.1, 0.15) is 13.8 Å². The van der Waals surface area contributed by atoms with E-state index in [1.165, 1.54) is 16.8 Å². The van der Waals surface area contributed by atoms with Crippen molar-refractivity contribution in [1.29, 1.82) is 0 Å². The first kappa shape index (κ1) is 21.5. The number of alkyl halides is 3. The minimum absolute atomic E-state index is 0.134. The van der Waals surface area contributed by atoms with Crippen molar-refractivity contribution < 1.29 is 27.5 Å². The molecule has 3 amide bonds. The Morgan fingerprint density at radius 2 is 1.93 bits per heavy atom. The number of thioether (sulfide) groups is 1. The van der Waals surface area contributed by atoms with Gasteiger partial charge in [0.25, 0.3) is 0 Å². The van der Waals surface area contributed by atoms with Crippen LogP contribution in [0.4, 0.5) is 18.0 Å². The number of urea groups is 1. The lowest BCUT2D eigenvalue weighted by molar-refractivity contribution is -0.274. The number of hydrogen-bond donors (Lipinski definition) is 2. The quantitative estimate of drug-likeness (QED) is 0.663. The molecule has 1 heterocycles. The summed E-state index contributed by atoms with van der Waals surface area (Å²) in [5.74, 6) is -0.821. The Kier molecular flexibility index (Phi) is 7.20. The van der Waals surface area contributed by atoms with Crippen LogP contribution in [0.25, 0.3) is 5.69 Å². The van der Waals surface area contributed by atoms with E-state index in [2.05, 4.69) is 30.9 Å². The van der Waals surface area contributed by atoms with E-state index >= 15 is 0 Å². The number of carbonyl (C=O) groups is 2. The van der Waals surface area contributed by atoms with Gasteiger partial charge in [0.1, 0.15) is 5.75 Å². The van der Waals surface area contributed by atoms with E-state index in [-0.39, 0.29) is 22.6 Å². The molecule has 0 radical (unpaired) electrons. The van der Waals surface area contributed by atoms with Crippen molar-refractivity contribution in [3.8, 4) is 11.4 Å². The molecule has 1 aromatic carbocycles. The maximum Gasteiger partial charge on any atom is 0.573 e. The fourth-order valence-corrected chi connectivity index (χ4v) is 2.54. The minimum atomic E-state index is -4.79. The second kappa shape index (κ2) is 9.39. The van der Waals surface area contributed by atoms with E-state index in [0.29, 0.717) is 12.2 Å². The molecule has 0 saturated heterocycles. The number of nitrogens with zero attached hydrogens (tertiary/aromatic N) is 4. The first-order chi connectivity index (χ1) is 13.1. The molecule has 0 saturated carbocycles. The molecule has 0 bridgehead atoms. The number of tetrazole rings is 1. The predicted molar refractivity (Wildman–Crippen MR) is 92.9 cm³/mol. The van der Waals surface area contributed by atoms with Gasteiger partial charge in [-0.25, -0.2) is 4.79 Å². The van der Waals surface area contributed by atoms with Gasteiger partial charge in [0.15, 0.2) is 0 Å². The van der Waals surface area contributed by atoms with Gasteiger partial charge < -0.3 is 10.1 Å². The Labute approximate surface area is 162 Å². The molecule has 28 heavy (non-hydrogen) atoms. The van der Waals surface area contributed by atoms with Gasteiger partial charge in [-0.3, -0.25) is 10.1 Å². The fraction of sp³-hybridized carbons (Fsp3) is 0.400. The molecule has 152 valence electrons. The molecule has 0 aliphatic heterocycles. The number of ether oxygens (including phenoxy) is 1. The van der Waals surface area contributed by atoms with Gasteiger partial charge in [0.2, 0.25) is 11.1 Å². The SMILES string of the molecule is CC(C)CNC(=O)NC(=O)CSc1nnnn1-c1ccc(OC(F)(F)F)cc1. The smallest absolute Gasteiger partial charge is 0.406 e. The Morgan fingerprint density at radius 3 is 2.54 bits per heavy atom. The lowest BCUT2D eigenvalue weighted by atomic mass is 10.2. The van der Waals surface area contributed by atoms with Gasteiger partial charge in [0.05, 0.1) is 11.4 Å². The van der Waals surface area contributed by atoms with Crippen molar-refractivity contribution in [3.63, 3.8) is 0 Å². The van der Waals surface area contributed by atoms with Gasteiger partial charge in [-0.15, -0.1) is 18.3 Å². The monoisotopic (exact) mass is 418 g/mol. The van der Waals surface area contributed by atoms with E-state index in [4.69, 9.17) is 0 Å². The Hall–Kier alpha value is -2.83. The van der Waals surface area contributed by atoms with E-state index < -0.39 is 18.3 Å². The van der Waals surface area contributed by atoms with Crippen LogP contribution in [-0.2, 0) is 4.79 Å². The van der Waals surface area contributed by atoms with E-state index in [9.17, 15) is 22.8 Å². The van der Waals surface area contributed by atoms with Crippen molar-refractivity contribution in [3.05, 3.63) is 24.3 Å². The minimum Gasteiger partial charge on any atom is -0.406 e. The molecule has 0 unspecified atom stereocenters.